The highest BCUT2D eigenvalue weighted by Gasteiger charge is 2.52. The topological polar surface area (TPSA) is 134 Å². The number of fused-ring (bicyclic) bond motifs is 1. The summed E-state index contributed by atoms with van der Waals surface area (Å²) in [5, 5.41) is 31.4. The highest BCUT2D eigenvalue weighted by Crippen LogP contribution is 2.57. The number of halogens is 2. The summed E-state index contributed by atoms with van der Waals surface area (Å²) >= 11 is 5.87. The molecule has 3 aliphatic rings. The summed E-state index contributed by atoms with van der Waals surface area (Å²) in [6.45, 7) is 0. The van der Waals surface area contributed by atoms with Gasteiger partial charge >= 0.3 is 0 Å². The molecule has 3 aromatic rings. The van der Waals surface area contributed by atoms with Crippen molar-refractivity contribution in [3.05, 3.63) is 58.5 Å². The Balaban J connectivity index is 1.15. The zero-order valence-corrected chi connectivity index (χ0v) is 22.4. The minimum absolute atomic E-state index is 0.0592. The van der Waals surface area contributed by atoms with Crippen LogP contribution < -0.4 is 10.6 Å². The van der Waals surface area contributed by atoms with Crippen LogP contribution in [0.3, 0.4) is 0 Å². The Bertz CT molecular complexity index is 1470. The summed E-state index contributed by atoms with van der Waals surface area (Å²) in [7, 11) is 3.50. The molecule has 2 unspecified atom stereocenters. The minimum Gasteiger partial charge on any atom is -0.384 e. The van der Waals surface area contributed by atoms with Gasteiger partial charge in [-0.25, -0.2) is 9.37 Å². The standard InChI is InChI=1S/C27H30ClFN6O4/c1-34-13-30-22(23(34)24(36)31-17-3-4-19(29)18(28)9-17)14-7-15-11-27(39,12-16(15)8-14)20-10-21(33-35(20)2)32-25(37)26(38)5-6-26/h3-4,9-10,13-16,38-39H,5-8,11-12H2,1-2H3,(H,31,36)(H,32,33,37). The third-order valence-electron chi connectivity index (χ3n) is 8.53. The summed E-state index contributed by atoms with van der Waals surface area (Å²) in [4.78, 5) is 30.0. The van der Waals surface area contributed by atoms with Gasteiger partial charge in [0.05, 0.1) is 22.7 Å². The lowest BCUT2D eigenvalue weighted by atomic mass is 9.90. The summed E-state index contributed by atoms with van der Waals surface area (Å²) < 4.78 is 16.8. The second-order valence-electron chi connectivity index (χ2n) is 11.3. The Morgan fingerprint density at radius 2 is 1.79 bits per heavy atom. The highest BCUT2D eigenvalue weighted by atomic mass is 35.5. The lowest BCUT2D eigenvalue weighted by Crippen LogP contribution is -2.29. The maximum atomic E-state index is 13.5. The quantitative estimate of drug-likeness (QED) is 0.367. The Morgan fingerprint density at radius 3 is 2.44 bits per heavy atom. The number of carbonyl (C=O) groups is 2. The molecule has 10 nitrogen and oxygen atoms in total. The number of benzene rings is 1. The van der Waals surface area contributed by atoms with Crippen molar-refractivity contribution >= 4 is 34.9 Å². The summed E-state index contributed by atoms with van der Waals surface area (Å²) in [5.41, 5.74) is -0.216. The van der Waals surface area contributed by atoms with E-state index < -0.39 is 22.9 Å². The fraction of sp³-hybridized carbons (Fsp3) is 0.481. The third-order valence-corrected chi connectivity index (χ3v) is 8.82. The van der Waals surface area contributed by atoms with Crippen LogP contribution in [-0.4, -0.2) is 47.0 Å². The molecule has 2 heterocycles. The first kappa shape index (κ1) is 26.0. The Kier molecular flexibility index (Phi) is 6.09. The average Bonchev–Trinajstić information content (AvgIpc) is 3.17. The van der Waals surface area contributed by atoms with E-state index >= 15 is 0 Å². The van der Waals surface area contributed by atoms with E-state index in [1.165, 1.54) is 18.2 Å². The third kappa shape index (κ3) is 4.62. The molecular weight excluding hydrogens is 527 g/mol. The van der Waals surface area contributed by atoms with Crippen molar-refractivity contribution in [3.8, 4) is 0 Å². The molecule has 0 spiro atoms. The molecule has 3 aliphatic carbocycles. The van der Waals surface area contributed by atoms with Crippen LogP contribution in [-0.2, 0) is 24.5 Å². The summed E-state index contributed by atoms with van der Waals surface area (Å²) in [6.07, 6.45) is 5.12. The van der Waals surface area contributed by atoms with Crippen molar-refractivity contribution in [2.75, 3.05) is 10.6 Å². The molecule has 3 saturated carbocycles. The number of amides is 2. The summed E-state index contributed by atoms with van der Waals surface area (Å²) in [6, 6.07) is 5.72. The van der Waals surface area contributed by atoms with E-state index in [0.29, 0.717) is 54.3 Å². The SMILES string of the molecule is Cn1cnc(C2CC3CC(O)(c4cc(NC(=O)C5(O)CC5)nn4C)CC3C2)c1C(=O)Nc1ccc(F)c(Cl)c1. The molecule has 0 aliphatic heterocycles. The average molecular weight is 557 g/mol. The number of aromatic nitrogens is 4. The number of aliphatic hydroxyl groups is 2. The van der Waals surface area contributed by atoms with Gasteiger partial charge in [-0.15, -0.1) is 0 Å². The van der Waals surface area contributed by atoms with Crippen molar-refractivity contribution in [1.82, 2.24) is 19.3 Å². The number of hydrogen-bond donors (Lipinski definition) is 4. The Labute approximate surface area is 229 Å². The number of hydrogen-bond acceptors (Lipinski definition) is 6. The maximum absolute atomic E-state index is 13.5. The van der Waals surface area contributed by atoms with Crippen LogP contribution in [0.1, 0.15) is 66.3 Å². The van der Waals surface area contributed by atoms with Crippen LogP contribution in [0.25, 0.3) is 0 Å². The predicted octanol–water partition coefficient (Wildman–Crippen LogP) is 3.45. The lowest BCUT2D eigenvalue weighted by Gasteiger charge is -2.24. The maximum Gasteiger partial charge on any atom is 0.274 e. The second kappa shape index (κ2) is 9.14. The zero-order valence-electron chi connectivity index (χ0n) is 21.6. The van der Waals surface area contributed by atoms with E-state index in [9.17, 15) is 24.2 Å². The lowest BCUT2D eigenvalue weighted by molar-refractivity contribution is -0.126. The Hall–Kier alpha value is -3.28. The van der Waals surface area contributed by atoms with Crippen molar-refractivity contribution in [2.45, 2.75) is 55.6 Å². The van der Waals surface area contributed by atoms with Crippen LogP contribution in [0.2, 0.25) is 5.02 Å². The smallest absolute Gasteiger partial charge is 0.274 e. The molecule has 0 saturated heterocycles. The van der Waals surface area contributed by atoms with E-state index in [1.54, 1.807) is 35.7 Å². The number of aryl methyl sites for hydroxylation is 2. The molecule has 4 N–H and O–H groups in total. The predicted molar refractivity (Wildman–Crippen MR) is 141 cm³/mol. The number of rotatable bonds is 6. The van der Waals surface area contributed by atoms with Crippen LogP contribution in [0.5, 0.6) is 0 Å². The van der Waals surface area contributed by atoms with Gasteiger partial charge in [0.2, 0.25) is 0 Å². The number of imidazole rings is 1. The van der Waals surface area contributed by atoms with E-state index in [2.05, 4.69) is 20.7 Å². The van der Waals surface area contributed by atoms with Crippen LogP contribution in [0, 0.1) is 17.7 Å². The summed E-state index contributed by atoms with van der Waals surface area (Å²) in [5.74, 6) is -0.540. The molecule has 0 bridgehead atoms. The van der Waals surface area contributed by atoms with Gasteiger partial charge in [0.15, 0.2) is 5.82 Å². The van der Waals surface area contributed by atoms with Gasteiger partial charge in [0.25, 0.3) is 11.8 Å². The number of anilines is 2. The highest BCUT2D eigenvalue weighted by molar-refractivity contribution is 6.31. The molecule has 3 fully saturated rings. The fourth-order valence-electron chi connectivity index (χ4n) is 6.43. The molecule has 6 rings (SSSR count). The van der Waals surface area contributed by atoms with Gasteiger partial charge in [-0.2, -0.15) is 5.10 Å². The van der Waals surface area contributed by atoms with Crippen LogP contribution in [0.4, 0.5) is 15.9 Å². The minimum atomic E-state index is -1.30. The van der Waals surface area contributed by atoms with Crippen molar-refractivity contribution in [1.29, 1.82) is 0 Å². The van der Waals surface area contributed by atoms with Crippen LogP contribution >= 0.6 is 11.6 Å². The van der Waals surface area contributed by atoms with Crippen molar-refractivity contribution in [2.24, 2.45) is 25.9 Å². The molecular formula is C27H30ClFN6O4. The van der Waals surface area contributed by atoms with Gasteiger partial charge in [-0.3, -0.25) is 14.3 Å². The second-order valence-corrected chi connectivity index (χ2v) is 11.7. The number of nitrogens with zero attached hydrogens (tertiary/aromatic N) is 4. The number of nitrogens with one attached hydrogen (secondary N) is 2. The van der Waals surface area contributed by atoms with E-state index in [1.807, 2.05) is 0 Å². The van der Waals surface area contributed by atoms with E-state index in [4.69, 9.17) is 11.6 Å². The largest absolute Gasteiger partial charge is 0.384 e. The van der Waals surface area contributed by atoms with Gasteiger partial charge in [0.1, 0.15) is 22.7 Å². The normalized spacial score (nSPS) is 26.9. The van der Waals surface area contributed by atoms with Crippen molar-refractivity contribution < 1.29 is 24.2 Å². The van der Waals surface area contributed by atoms with Crippen molar-refractivity contribution in [3.63, 3.8) is 0 Å². The first-order valence-corrected chi connectivity index (χ1v) is 13.4. The monoisotopic (exact) mass is 556 g/mol. The van der Waals surface area contributed by atoms with Gasteiger partial charge in [-0.05, 0) is 68.6 Å². The van der Waals surface area contributed by atoms with Crippen LogP contribution in [0.15, 0.2) is 30.6 Å². The molecule has 12 heteroatoms. The Morgan fingerprint density at radius 1 is 1.10 bits per heavy atom. The van der Waals surface area contributed by atoms with Gasteiger partial charge < -0.3 is 25.4 Å². The van der Waals surface area contributed by atoms with E-state index in [-0.39, 0.29) is 28.7 Å². The van der Waals surface area contributed by atoms with E-state index in [0.717, 1.165) is 12.8 Å². The van der Waals surface area contributed by atoms with Gasteiger partial charge in [-0.1, -0.05) is 11.6 Å². The fourth-order valence-corrected chi connectivity index (χ4v) is 6.61. The molecule has 39 heavy (non-hydrogen) atoms. The zero-order chi connectivity index (χ0) is 27.7. The molecule has 206 valence electrons. The first-order chi connectivity index (χ1) is 18.5. The molecule has 2 aromatic heterocycles. The molecule has 2 amide bonds. The van der Waals surface area contributed by atoms with Gasteiger partial charge in [0, 0.05) is 31.8 Å². The molecule has 1 aromatic carbocycles. The first-order valence-electron chi connectivity index (χ1n) is 13.0. The number of carbonyl (C=O) groups excluding carboxylic acids is 2. The molecule has 2 atom stereocenters. The molecule has 0 radical (unpaired) electrons.